The van der Waals surface area contributed by atoms with Crippen LogP contribution in [0, 0.1) is 0 Å². The number of unbranched alkanes of at least 4 members (excludes halogenated alkanes) is 1. The topological polar surface area (TPSA) is 33.4 Å². The standard InChI is InChI=1S/C11H18O2/c1-9(2)11-7-6-10(13-11)5-3-4-8-12/h6-7,9,12H,3-5,8H2,1-2H3. The van der Waals surface area contributed by atoms with E-state index in [1.54, 1.807) is 0 Å². The first kappa shape index (κ1) is 10.3. The Morgan fingerprint density at radius 2 is 2.08 bits per heavy atom. The Morgan fingerprint density at radius 1 is 1.31 bits per heavy atom. The zero-order chi connectivity index (χ0) is 9.68. The molecule has 0 atom stereocenters. The molecule has 13 heavy (non-hydrogen) atoms. The molecule has 0 fully saturated rings. The van der Waals surface area contributed by atoms with Gasteiger partial charge in [0, 0.05) is 18.9 Å². The van der Waals surface area contributed by atoms with Crippen LogP contribution >= 0.6 is 0 Å². The zero-order valence-electron chi connectivity index (χ0n) is 8.42. The van der Waals surface area contributed by atoms with E-state index in [2.05, 4.69) is 13.8 Å². The minimum Gasteiger partial charge on any atom is -0.466 e. The number of aliphatic hydroxyl groups is 1. The maximum atomic E-state index is 8.61. The maximum absolute atomic E-state index is 8.61. The molecule has 1 N–H and O–H groups in total. The summed E-state index contributed by atoms with van der Waals surface area (Å²) in [6.45, 7) is 4.52. The van der Waals surface area contributed by atoms with Crippen LogP contribution in [0.2, 0.25) is 0 Å². The van der Waals surface area contributed by atoms with Crippen LogP contribution in [-0.4, -0.2) is 11.7 Å². The van der Waals surface area contributed by atoms with Gasteiger partial charge in [0.2, 0.25) is 0 Å². The maximum Gasteiger partial charge on any atom is 0.106 e. The molecule has 0 saturated heterocycles. The first-order valence-electron chi connectivity index (χ1n) is 4.93. The number of aryl methyl sites for hydroxylation is 1. The summed E-state index contributed by atoms with van der Waals surface area (Å²) in [6, 6.07) is 4.08. The van der Waals surface area contributed by atoms with Crippen LogP contribution in [0.1, 0.15) is 44.1 Å². The molecule has 0 radical (unpaired) electrons. The van der Waals surface area contributed by atoms with Crippen molar-refractivity contribution in [3.05, 3.63) is 23.7 Å². The summed E-state index contributed by atoms with van der Waals surface area (Å²) in [5, 5.41) is 8.61. The van der Waals surface area contributed by atoms with E-state index in [-0.39, 0.29) is 6.61 Å². The van der Waals surface area contributed by atoms with Gasteiger partial charge in [0.25, 0.3) is 0 Å². The largest absolute Gasteiger partial charge is 0.466 e. The SMILES string of the molecule is CC(C)c1ccc(CCCCO)o1. The van der Waals surface area contributed by atoms with E-state index in [1.807, 2.05) is 12.1 Å². The van der Waals surface area contributed by atoms with Gasteiger partial charge in [0.1, 0.15) is 11.5 Å². The lowest BCUT2D eigenvalue weighted by atomic mass is 10.2. The Morgan fingerprint density at radius 3 is 2.62 bits per heavy atom. The first-order valence-corrected chi connectivity index (χ1v) is 4.93. The van der Waals surface area contributed by atoms with E-state index in [0.717, 1.165) is 30.8 Å². The Kier molecular flexibility index (Phi) is 4.03. The average Bonchev–Trinajstić information content (AvgIpc) is 2.53. The Bertz CT molecular complexity index is 238. The van der Waals surface area contributed by atoms with E-state index in [1.165, 1.54) is 0 Å². The molecule has 1 heterocycles. The fourth-order valence-corrected chi connectivity index (χ4v) is 1.25. The molecule has 0 aliphatic carbocycles. The molecule has 74 valence electrons. The van der Waals surface area contributed by atoms with Crippen molar-refractivity contribution in [3.63, 3.8) is 0 Å². The second-order valence-corrected chi connectivity index (χ2v) is 3.64. The van der Waals surface area contributed by atoms with Crippen molar-refractivity contribution in [1.82, 2.24) is 0 Å². The van der Waals surface area contributed by atoms with Gasteiger partial charge >= 0.3 is 0 Å². The quantitative estimate of drug-likeness (QED) is 0.710. The van der Waals surface area contributed by atoms with Gasteiger partial charge in [-0.25, -0.2) is 0 Å². The Labute approximate surface area is 79.6 Å². The van der Waals surface area contributed by atoms with E-state index in [4.69, 9.17) is 9.52 Å². The van der Waals surface area contributed by atoms with Crippen LogP contribution in [0.3, 0.4) is 0 Å². The fraction of sp³-hybridized carbons (Fsp3) is 0.636. The van der Waals surface area contributed by atoms with Crippen molar-refractivity contribution in [2.24, 2.45) is 0 Å². The molecule has 1 aromatic rings. The van der Waals surface area contributed by atoms with Gasteiger partial charge in [-0.3, -0.25) is 0 Å². The van der Waals surface area contributed by atoms with Crippen molar-refractivity contribution in [2.45, 2.75) is 39.0 Å². The third kappa shape index (κ3) is 3.23. The predicted octanol–water partition coefficient (Wildman–Crippen LogP) is 2.72. The monoisotopic (exact) mass is 182 g/mol. The van der Waals surface area contributed by atoms with Crippen molar-refractivity contribution in [2.75, 3.05) is 6.61 Å². The second kappa shape index (κ2) is 5.07. The van der Waals surface area contributed by atoms with Gasteiger partial charge in [0.15, 0.2) is 0 Å². The van der Waals surface area contributed by atoms with Gasteiger partial charge in [-0.1, -0.05) is 13.8 Å². The highest BCUT2D eigenvalue weighted by Crippen LogP contribution is 2.18. The molecule has 0 aliphatic heterocycles. The zero-order valence-corrected chi connectivity index (χ0v) is 8.42. The molecule has 2 heteroatoms. The molecular formula is C11H18O2. The van der Waals surface area contributed by atoms with Crippen LogP contribution in [0.4, 0.5) is 0 Å². The van der Waals surface area contributed by atoms with Gasteiger partial charge in [-0.15, -0.1) is 0 Å². The summed E-state index contributed by atoms with van der Waals surface area (Å²) in [4.78, 5) is 0. The fourth-order valence-electron chi connectivity index (χ4n) is 1.25. The van der Waals surface area contributed by atoms with Crippen LogP contribution in [0.15, 0.2) is 16.5 Å². The molecule has 1 rings (SSSR count). The van der Waals surface area contributed by atoms with Crippen molar-refractivity contribution >= 4 is 0 Å². The summed E-state index contributed by atoms with van der Waals surface area (Å²) in [5.41, 5.74) is 0. The predicted molar refractivity (Wildman–Crippen MR) is 52.8 cm³/mol. The van der Waals surface area contributed by atoms with E-state index < -0.39 is 0 Å². The van der Waals surface area contributed by atoms with Crippen LogP contribution in [0.5, 0.6) is 0 Å². The van der Waals surface area contributed by atoms with Crippen molar-refractivity contribution < 1.29 is 9.52 Å². The highest BCUT2D eigenvalue weighted by molar-refractivity contribution is 5.10. The van der Waals surface area contributed by atoms with Crippen molar-refractivity contribution in [1.29, 1.82) is 0 Å². The smallest absolute Gasteiger partial charge is 0.106 e. The summed E-state index contributed by atoms with van der Waals surface area (Å²) >= 11 is 0. The molecule has 1 aromatic heterocycles. The molecule has 0 unspecified atom stereocenters. The lowest BCUT2D eigenvalue weighted by Gasteiger charge is -1.99. The van der Waals surface area contributed by atoms with E-state index in [0.29, 0.717) is 5.92 Å². The second-order valence-electron chi connectivity index (χ2n) is 3.64. The van der Waals surface area contributed by atoms with Crippen LogP contribution < -0.4 is 0 Å². The minimum absolute atomic E-state index is 0.276. The third-order valence-electron chi connectivity index (χ3n) is 2.08. The van der Waals surface area contributed by atoms with Crippen LogP contribution in [0.25, 0.3) is 0 Å². The van der Waals surface area contributed by atoms with Crippen molar-refractivity contribution in [3.8, 4) is 0 Å². The highest BCUT2D eigenvalue weighted by atomic mass is 16.3. The number of furan rings is 1. The number of rotatable bonds is 5. The molecular weight excluding hydrogens is 164 g/mol. The Balaban J connectivity index is 2.40. The van der Waals surface area contributed by atoms with Gasteiger partial charge in [-0.2, -0.15) is 0 Å². The summed E-state index contributed by atoms with van der Waals surface area (Å²) in [5.74, 6) is 2.56. The summed E-state index contributed by atoms with van der Waals surface area (Å²) in [7, 11) is 0. The normalized spacial score (nSPS) is 11.1. The molecule has 0 amide bonds. The number of hydrogen-bond acceptors (Lipinski definition) is 2. The van der Waals surface area contributed by atoms with Gasteiger partial charge < -0.3 is 9.52 Å². The van der Waals surface area contributed by atoms with E-state index in [9.17, 15) is 0 Å². The lowest BCUT2D eigenvalue weighted by Crippen LogP contribution is -1.86. The molecule has 0 spiro atoms. The molecule has 0 aliphatic rings. The van der Waals surface area contributed by atoms with Gasteiger partial charge in [0.05, 0.1) is 0 Å². The third-order valence-corrected chi connectivity index (χ3v) is 2.08. The lowest BCUT2D eigenvalue weighted by molar-refractivity contribution is 0.283. The molecule has 0 aromatic carbocycles. The number of hydrogen-bond donors (Lipinski definition) is 1. The number of aliphatic hydroxyl groups excluding tert-OH is 1. The molecule has 2 nitrogen and oxygen atoms in total. The molecule has 0 bridgehead atoms. The van der Waals surface area contributed by atoms with Gasteiger partial charge in [-0.05, 0) is 25.0 Å². The Hall–Kier alpha value is -0.760. The average molecular weight is 182 g/mol. The first-order chi connectivity index (χ1) is 6.24. The highest BCUT2D eigenvalue weighted by Gasteiger charge is 2.04. The van der Waals surface area contributed by atoms with Crippen LogP contribution in [-0.2, 0) is 6.42 Å². The molecule has 0 saturated carbocycles. The minimum atomic E-state index is 0.276. The summed E-state index contributed by atoms with van der Waals surface area (Å²) in [6.07, 6.45) is 2.80. The summed E-state index contributed by atoms with van der Waals surface area (Å²) < 4.78 is 5.61. The van der Waals surface area contributed by atoms with E-state index >= 15 is 0 Å².